The normalized spacial score (nSPS) is 21.2. The minimum absolute atomic E-state index is 0.0297. The molecule has 3 N–H and O–H groups in total. The molecule has 2 fully saturated rings. The summed E-state index contributed by atoms with van der Waals surface area (Å²) in [7, 11) is 3.29. The third kappa shape index (κ3) is 6.11. The summed E-state index contributed by atoms with van der Waals surface area (Å²) < 4.78 is 0. The molecule has 0 spiro atoms. The van der Waals surface area contributed by atoms with Gasteiger partial charge < -0.3 is 11.1 Å². The number of pyridine rings is 1. The molecule has 1 aliphatic carbocycles. The number of aryl methyl sites for hydroxylation is 1. The molecular formula is C27H41N7O3. The molecule has 10 heteroatoms. The Morgan fingerprint density at radius 2 is 1.97 bits per heavy atom. The topological polar surface area (TPSA) is 124 Å². The van der Waals surface area contributed by atoms with E-state index in [2.05, 4.69) is 22.1 Å². The van der Waals surface area contributed by atoms with Gasteiger partial charge in [0.15, 0.2) is 0 Å². The number of urea groups is 1. The number of nitrogens with two attached hydrogens (primary N) is 1. The van der Waals surface area contributed by atoms with Crippen LogP contribution in [0.1, 0.15) is 63.6 Å². The zero-order valence-electron chi connectivity index (χ0n) is 22.7. The molecule has 0 unspecified atom stereocenters. The molecule has 0 radical (unpaired) electrons. The number of imide groups is 1. The first-order chi connectivity index (χ1) is 17.6. The first kappa shape index (κ1) is 28.1. The van der Waals surface area contributed by atoms with Crippen LogP contribution < -0.4 is 11.1 Å². The Balaban J connectivity index is 1.88. The minimum atomic E-state index is -0.954. The lowest BCUT2D eigenvalue weighted by molar-refractivity contribution is -0.161. The Morgan fingerprint density at radius 3 is 2.54 bits per heavy atom. The third-order valence-electron chi connectivity index (χ3n) is 7.62. The van der Waals surface area contributed by atoms with Crippen molar-refractivity contribution in [2.45, 2.75) is 77.8 Å². The number of amides is 4. The van der Waals surface area contributed by atoms with Crippen LogP contribution in [0, 0.1) is 18.8 Å². The molecule has 1 aromatic heterocycles. The molecule has 0 bridgehead atoms. The van der Waals surface area contributed by atoms with Gasteiger partial charge in [-0.15, -0.1) is 0 Å². The van der Waals surface area contributed by atoms with Gasteiger partial charge in [0.2, 0.25) is 5.91 Å². The molecule has 1 aliphatic heterocycles. The van der Waals surface area contributed by atoms with E-state index in [4.69, 9.17) is 5.73 Å². The molecule has 3 rings (SSSR count). The number of hydrazone groups is 1. The fourth-order valence-electron chi connectivity index (χ4n) is 5.70. The van der Waals surface area contributed by atoms with Crippen molar-refractivity contribution in [2.24, 2.45) is 16.9 Å². The number of aromatic nitrogens is 1. The molecule has 2 aliphatic rings. The van der Waals surface area contributed by atoms with Gasteiger partial charge in [-0.1, -0.05) is 26.2 Å². The number of nitrogens with one attached hydrogen (secondary N) is 1. The van der Waals surface area contributed by atoms with E-state index >= 15 is 0 Å². The minimum Gasteiger partial charge on any atom is -0.384 e. The zero-order valence-corrected chi connectivity index (χ0v) is 22.7. The van der Waals surface area contributed by atoms with Crippen LogP contribution in [0.25, 0.3) is 0 Å². The van der Waals surface area contributed by atoms with Crippen LogP contribution in [-0.4, -0.2) is 70.5 Å². The monoisotopic (exact) mass is 511 g/mol. The van der Waals surface area contributed by atoms with Gasteiger partial charge in [-0.25, -0.2) is 9.78 Å². The average molecular weight is 512 g/mol. The Labute approximate surface area is 219 Å². The number of allylic oxidation sites excluding steroid dienone is 1. The highest BCUT2D eigenvalue weighted by Crippen LogP contribution is 2.34. The van der Waals surface area contributed by atoms with E-state index in [9.17, 15) is 14.4 Å². The standard InChI is InChI=1S/C27H41N7O3/c1-7-21(19-12-10-9-11-13-19)31-27(37)34-24(26(36)32(5)23(8-2)33(6)29-4)20(25(34)35)15-18-14-17(3)30-22(28)16-18/h8,14,16,19-21,24H,4,7,9-13,15H2,1-3,5-6H3,(H2,28,30)(H,31,37)/b23-8-/t20-,21-,24+/m1/s1. The first-order valence-electron chi connectivity index (χ1n) is 13.1. The van der Waals surface area contributed by atoms with Gasteiger partial charge in [-0.3, -0.25) is 24.4 Å². The van der Waals surface area contributed by atoms with Gasteiger partial charge >= 0.3 is 6.03 Å². The molecule has 1 saturated carbocycles. The van der Waals surface area contributed by atoms with Gasteiger partial charge in [0, 0.05) is 32.5 Å². The van der Waals surface area contributed by atoms with E-state index in [1.54, 1.807) is 33.2 Å². The molecule has 2 heterocycles. The highest BCUT2D eigenvalue weighted by molar-refractivity contribution is 6.09. The summed E-state index contributed by atoms with van der Waals surface area (Å²) in [5, 5.41) is 8.44. The molecule has 0 aromatic carbocycles. The van der Waals surface area contributed by atoms with E-state index < -0.39 is 18.0 Å². The second kappa shape index (κ2) is 12.2. The summed E-state index contributed by atoms with van der Waals surface area (Å²) in [5.74, 6) is -0.199. The number of carbonyl (C=O) groups excluding carboxylic acids is 3. The van der Waals surface area contributed by atoms with E-state index in [0.29, 0.717) is 17.6 Å². The Morgan fingerprint density at radius 1 is 1.30 bits per heavy atom. The number of rotatable bonds is 9. The predicted molar refractivity (Wildman–Crippen MR) is 144 cm³/mol. The van der Waals surface area contributed by atoms with Crippen molar-refractivity contribution in [3.05, 3.63) is 35.3 Å². The summed E-state index contributed by atoms with van der Waals surface area (Å²) >= 11 is 0. The fraction of sp³-hybridized carbons (Fsp3) is 0.593. The SMILES string of the molecule is C=NN(C)/C(=C\C)N(C)C(=O)[C@@H]1[C@@H](Cc2cc(C)nc(N)c2)C(=O)N1C(=O)N[C@H](CC)C1CCCCC1. The van der Waals surface area contributed by atoms with Crippen LogP contribution in [0.4, 0.5) is 10.6 Å². The van der Waals surface area contributed by atoms with Crippen LogP contribution in [0.15, 0.2) is 29.1 Å². The van der Waals surface area contributed by atoms with E-state index in [-0.39, 0.29) is 24.3 Å². The van der Waals surface area contributed by atoms with E-state index in [1.165, 1.54) is 16.3 Å². The number of carbonyl (C=O) groups is 3. The smallest absolute Gasteiger partial charge is 0.325 e. The van der Waals surface area contributed by atoms with Gasteiger partial charge in [0.1, 0.15) is 17.7 Å². The van der Waals surface area contributed by atoms with Crippen LogP contribution in [-0.2, 0) is 16.0 Å². The molecule has 1 aromatic rings. The van der Waals surface area contributed by atoms with Crippen molar-refractivity contribution in [1.82, 2.24) is 25.1 Å². The van der Waals surface area contributed by atoms with E-state index in [0.717, 1.165) is 48.3 Å². The van der Waals surface area contributed by atoms with Gasteiger partial charge in [0.25, 0.3) is 5.91 Å². The number of hydrogen-bond donors (Lipinski definition) is 2. The largest absolute Gasteiger partial charge is 0.384 e. The average Bonchev–Trinajstić information content (AvgIpc) is 2.88. The lowest BCUT2D eigenvalue weighted by Gasteiger charge is -2.46. The van der Waals surface area contributed by atoms with Crippen LogP contribution in [0.2, 0.25) is 0 Å². The number of hydrogen-bond acceptors (Lipinski definition) is 7. The Kier molecular flexibility index (Phi) is 9.29. The van der Waals surface area contributed by atoms with Crippen LogP contribution in [0.5, 0.6) is 0 Å². The molecule has 10 nitrogen and oxygen atoms in total. The number of nitrogens with zero attached hydrogens (tertiary/aromatic N) is 5. The highest BCUT2D eigenvalue weighted by Gasteiger charge is 2.55. The lowest BCUT2D eigenvalue weighted by atomic mass is 9.81. The maximum Gasteiger partial charge on any atom is 0.325 e. The zero-order chi connectivity index (χ0) is 27.3. The number of likely N-dealkylation sites (N-methyl/N-ethyl adjacent to an activating group) is 1. The Bertz CT molecular complexity index is 1030. The van der Waals surface area contributed by atoms with Crippen molar-refractivity contribution < 1.29 is 14.4 Å². The summed E-state index contributed by atoms with van der Waals surface area (Å²) in [6.07, 6.45) is 8.43. The van der Waals surface area contributed by atoms with Crippen LogP contribution in [0.3, 0.4) is 0 Å². The number of likely N-dealkylation sites (tertiary alicyclic amines) is 1. The maximum atomic E-state index is 13.8. The quantitative estimate of drug-likeness (QED) is 0.298. The summed E-state index contributed by atoms with van der Waals surface area (Å²) in [5.41, 5.74) is 7.45. The number of nitrogen functional groups attached to an aromatic ring is 1. The number of β-lactam (4-membered cyclic amide) rings is 1. The molecular weight excluding hydrogens is 470 g/mol. The Hall–Kier alpha value is -3.43. The molecule has 3 atom stereocenters. The molecule has 1 saturated heterocycles. The highest BCUT2D eigenvalue weighted by atomic mass is 16.2. The molecule has 37 heavy (non-hydrogen) atoms. The summed E-state index contributed by atoms with van der Waals surface area (Å²) in [6, 6.07) is 2.06. The van der Waals surface area contributed by atoms with Crippen molar-refractivity contribution in [1.29, 1.82) is 0 Å². The van der Waals surface area contributed by atoms with Crippen LogP contribution >= 0.6 is 0 Å². The van der Waals surface area contributed by atoms with Gasteiger partial charge in [-0.2, -0.15) is 5.10 Å². The molecule has 4 amide bonds. The second-order valence-electron chi connectivity index (χ2n) is 10.1. The second-order valence-corrected chi connectivity index (χ2v) is 10.1. The van der Waals surface area contributed by atoms with Gasteiger partial charge in [0.05, 0.1) is 5.92 Å². The maximum absolute atomic E-state index is 13.8. The van der Waals surface area contributed by atoms with Crippen molar-refractivity contribution in [3.8, 4) is 0 Å². The van der Waals surface area contributed by atoms with Gasteiger partial charge in [-0.05, 0) is 69.2 Å². The van der Waals surface area contributed by atoms with Crippen molar-refractivity contribution in [3.63, 3.8) is 0 Å². The fourth-order valence-corrected chi connectivity index (χ4v) is 5.70. The first-order valence-corrected chi connectivity index (χ1v) is 13.1. The number of anilines is 1. The predicted octanol–water partition coefficient (Wildman–Crippen LogP) is 3.28. The van der Waals surface area contributed by atoms with Crippen molar-refractivity contribution in [2.75, 3.05) is 19.8 Å². The third-order valence-corrected chi connectivity index (χ3v) is 7.62. The van der Waals surface area contributed by atoms with E-state index in [1.807, 2.05) is 19.9 Å². The van der Waals surface area contributed by atoms with Crippen molar-refractivity contribution >= 4 is 30.4 Å². The summed E-state index contributed by atoms with van der Waals surface area (Å²) in [6.45, 7) is 9.18. The summed E-state index contributed by atoms with van der Waals surface area (Å²) in [4.78, 5) is 47.3. The lowest BCUT2D eigenvalue weighted by Crippen LogP contribution is -2.71. The molecule has 202 valence electrons.